The van der Waals surface area contributed by atoms with Gasteiger partial charge in [0.2, 0.25) is 0 Å². The highest BCUT2D eigenvalue weighted by molar-refractivity contribution is 6.99. The van der Waals surface area contributed by atoms with Gasteiger partial charge in [-0.2, -0.15) is 0 Å². The molecular formula is C36H44O6Si. The molecule has 7 heteroatoms. The summed E-state index contributed by atoms with van der Waals surface area (Å²) in [5, 5.41) is 12.8. The van der Waals surface area contributed by atoms with E-state index in [1.54, 1.807) is 0 Å². The molecule has 0 bridgehead atoms. The summed E-state index contributed by atoms with van der Waals surface area (Å²) < 4.78 is 13.1. The molecule has 0 aliphatic heterocycles. The van der Waals surface area contributed by atoms with Crippen LogP contribution in [0.2, 0.25) is 5.04 Å². The number of benzene rings is 2. The fourth-order valence-corrected chi connectivity index (χ4v) is 14.1. The fourth-order valence-electron chi connectivity index (χ4n) is 9.33. The summed E-state index contributed by atoms with van der Waals surface area (Å²) >= 11 is 0. The van der Waals surface area contributed by atoms with Crippen molar-refractivity contribution in [2.45, 2.75) is 89.9 Å². The summed E-state index contributed by atoms with van der Waals surface area (Å²) in [6.45, 7) is 8.67. The summed E-state index contributed by atoms with van der Waals surface area (Å²) in [5.41, 5.74) is -0.403. The van der Waals surface area contributed by atoms with Crippen LogP contribution in [0.25, 0.3) is 0 Å². The molecule has 43 heavy (non-hydrogen) atoms. The van der Waals surface area contributed by atoms with Crippen LogP contribution >= 0.6 is 0 Å². The number of carbonyl (C=O) groups excluding carboxylic acids is 3. The lowest BCUT2D eigenvalue weighted by molar-refractivity contribution is -0.178. The molecular weight excluding hydrogens is 556 g/mol. The Hall–Kier alpha value is -2.87. The van der Waals surface area contributed by atoms with Gasteiger partial charge in [0.15, 0.2) is 11.6 Å². The molecule has 4 aliphatic carbocycles. The molecule has 3 fully saturated rings. The van der Waals surface area contributed by atoms with Crippen molar-refractivity contribution in [2.75, 3.05) is 7.11 Å². The highest BCUT2D eigenvalue weighted by Gasteiger charge is 2.69. The molecule has 1 N–H and O–H groups in total. The minimum atomic E-state index is -3.04. The van der Waals surface area contributed by atoms with Crippen LogP contribution in [-0.2, 0) is 23.5 Å². The maximum absolute atomic E-state index is 14.3. The minimum Gasteiger partial charge on any atom is -0.468 e. The van der Waals surface area contributed by atoms with Crippen LogP contribution in [0.4, 0.5) is 0 Å². The molecule has 0 unspecified atom stereocenters. The zero-order chi connectivity index (χ0) is 30.8. The Balaban J connectivity index is 1.53. The molecule has 0 saturated heterocycles. The Morgan fingerprint density at radius 2 is 1.53 bits per heavy atom. The number of allylic oxidation sites excluding steroid dienone is 1. The van der Waals surface area contributed by atoms with E-state index in [1.165, 1.54) is 7.11 Å². The molecule has 6 atom stereocenters. The van der Waals surface area contributed by atoms with E-state index in [0.717, 1.165) is 15.9 Å². The van der Waals surface area contributed by atoms with Crippen LogP contribution in [-0.4, -0.2) is 50.3 Å². The van der Waals surface area contributed by atoms with Crippen molar-refractivity contribution >= 4 is 36.2 Å². The number of aliphatic hydroxyl groups excluding tert-OH is 1. The average Bonchev–Trinajstić information content (AvgIpc) is 3.30. The Bertz CT molecular complexity index is 1410. The van der Waals surface area contributed by atoms with Gasteiger partial charge in [-0.1, -0.05) is 93.9 Å². The van der Waals surface area contributed by atoms with E-state index in [0.29, 0.717) is 37.7 Å². The van der Waals surface area contributed by atoms with Gasteiger partial charge in [-0.15, -0.1) is 0 Å². The van der Waals surface area contributed by atoms with E-state index in [-0.39, 0.29) is 29.4 Å². The molecule has 3 saturated carbocycles. The second-order valence-corrected chi connectivity index (χ2v) is 18.6. The second kappa shape index (κ2) is 10.6. The van der Waals surface area contributed by atoms with Gasteiger partial charge < -0.3 is 14.3 Å². The Labute approximate surface area is 256 Å². The van der Waals surface area contributed by atoms with Crippen molar-refractivity contribution in [1.29, 1.82) is 0 Å². The van der Waals surface area contributed by atoms with E-state index in [9.17, 15) is 19.5 Å². The molecule has 2 aromatic carbocycles. The molecule has 6 nitrogen and oxygen atoms in total. The summed E-state index contributed by atoms with van der Waals surface area (Å²) in [6, 6.07) is 20.7. The average molecular weight is 601 g/mol. The van der Waals surface area contributed by atoms with Crippen LogP contribution in [0.15, 0.2) is 71.8 Å². The monoisotopic (exact) mass is 600 g/mol. The Morgan fingerprint density at radius 1 is 0.930 bits per heavy atom. The lowest BCUT2D eigenvalue weighted by Gasteiger charge is -2.56. The quantitative estimate of drug-likeness (QED) is 0.298. The minimum absolute atomic E-state index is 0.00435. The first kappa shape index (κ1) is 30.2. The zero-order valence-corrected chi connectivity index (χ0v) is 27.0. The molecule has 0 heterocycles. The molecule has 0 spiro atoms. The summed E-state index contributed by atoms with van der Waals surface area (Å²) in [5.74, 6) is -1.87. The highest BCUT2D eigenvalue weighted by Crippen LogP contribution is 2.63. The number of rotatable bonds is 5. The van der Waals surface area contributed by atoms with Gasteiger partial charge in [0.05, 0.1) is 19.3 Å². The zero-order valence-electron chi connectivity index (χ0n) is 26.0. The van der Waals surface area contributed by atoms with Crippen LogP contribution in [0, 0.1) is 22.7 Å². The molecule has 0 amide bonds. The first-order valence-electron chi connectivity index (χ1n) is 15.8. The summed E-state index contributed by atoms with van der Waals surface area (Å²) in [7, 11) is -1.69. The van der Waals surface area contributed by atoms with Crippen molar-refractivity contribution in [3.63, 3.8) is 0 Å². The highest BCUT2D eigenvalue weighted by atomic mass is 28.4. The van der Waals surface area contributed by atoms with Crippen LogP contribution < -0.4 is 10.4 Å². The van der Waals surface area contributed by atoms with Gasteiger partial charge in [0.25, 0.3) is 8.32 Å². The van der Waals surface area contributed by atoms with Gasteiger partial charge in [0.1, 0.15) is 5.41 Å². The number of esters is 1. The topological polar surface area (TPSA) is 89.9 Å². The molecule has 4 aliphatic rings. The SMILES string of the molecule is COC(=O)[C@]12C(=O)CC[C@H](O[Si](c3ccccc3)(c3ccccc3)C(C)(C)C)[C@H]1CC(=O)C1=C3CC[C@H](O)[C@@]3(C)CC[C@@H]12. The van der Waals surface area contributed by atoms with Crippen molar-refractivity contribution < 1.29 is 28.7 Å². The third-order valence-electron chi connectivity index (χ3n) is 11.4. The first-order valence-corrected chi connectivity index (χ1v) is 17.7. The predicted octanol–water partition coefficient (Wildman–Crippen LogP) is 4.91. The predicted molar refractivity (Wildman–Crippen MR) is 167 cm³/mol. The number of methoxy groups -OCH3 is 1. The Morgan fingerprint density at radius 3 is 2.09 bits per heavy atom. The van der Waals surface area contributed by atoms with Crippen LogP contribution in [0.1, 0.15) is 72.6 Å². The molecule has 6 rings (SSSR count). The third kappa shape index (κ3) is 4.21. The van der Waals surface area contributed by atoms with E-state index in [2.05, 4.69) is 45.0 Å². The van der Waals surface area contributed by atoms with Gasteiger partial charge in [0, 0.05) is 30.1 Å². The number of ether oxygens (including phenoxy) is 1. The molecule has 228 valence electrons. The first-order chi connectivity index (χ1) is 20.4. The number of ketones is 2. The number of hydrogen-bond donors (Lipinski definition) is 1. The fraction of sp³-hybridized carbons (Fsp3) is 0.528. The smallest absolute Gasteiger partial charge is 0.320 e. The van der Waals surface area contributed by atoms with Crippen molar-refractivity contribution in [2.24, 2.45) is 22.7 Å². The number of Topliss-reactive ketones (excluding diaryl/α,β-unsaturated/α-hetero) is 2. The van der Waals surface area contributed by atoms with E-state index < -0.39 is 49.2 Å². The normalized spacial score (nSPS) is 32.6. The second-order valence-electron chi connectivity index (χ2n) is 14.3. The van der Waals surface area contributed by atoms with E-state index >= 15 is 0 Å². The summed E-state index contributed by atoms with van der Waals surface area (Å²) in [6.07, 6.45) is 2.03. The Kier molecular flexibility index (Phi) is 7.46. The largest absolute Gasteiger partial charge is 0.468 e. The van der Waals surface area contributed by atoms with Crippen LogP contribution in [0.5, 0.6) is 0 Å². The van der Waals surface area contributed by atoms with Crippen molar-refractivity contribution in [3.8, 4) is 0 Å². The van der Waals surface area contributed by atoms with Crippen molar-refractivity contribution in [3.05, 3.63) is 71.8 Å². The lowest BCUT2D eigenvalue weighted by Crippen LogP contribution is -2.70. The number of hydrogen-bond acceptors (Lipinski definition) is 6. The van der Waals surface area contributed by atoms with Crippen molar-refractivity contribution in [1.82, 2.24) is 0 Å². The van der Waals surface area contributed by atoms with E-state index in [4.69, 9.17) is 9.16 Å². The van der Waals surface area contributed by atoms with E-state index in [1.807, 2.05) is 43.3 Å². The van der Waals surface area contributed by atoms with Crippen LogP contribution in [0.3, 0.4) is 0 Å². The number of aliphatic hydroxyl groups is 1. The standard InChI is InChI=1S/C36H44O6Si/c1-34(2,3)43(23-12-8-6-9-13-23,24-14-10-7-11-15-24)42-29-17-19-31(39)36(33(40)41-5)26-20-21-35(4)25(16-18-30(35)38)32(26)28(37)22-27(29)36/h6-15,26-27,29-30,38H,16-22H2,1-5H3/t26-,27+,29-,30-,35-,36-/m0/s1. The maximum Gasteiger partial charge on any atom is 0.320 e. The van der Waals surface area contributed by atoms with Gasteiger partial charge in [-0.3, -0.25) is 14.4 Å². The third-order valence-corrected chi connectivity index (χ3v) is 16.5. The lowest BCUT2D eigenvalue weighted by atomic mass is 9.47. The number of fused-ring (bicyclic) bond motifs is 4. The summed E-state index contributed by atoms with van der Waals surface area (Å²) in [4.78, 5) is 42.6. The molecule has 0 radical (unpaired) electrons. The molecule has 0 aromatic heterocycles. The van der Waals surface area contributed by atoms with Gasteiger partial charge in [-0.25, -0.2) is 0 Å². The van der Waals surface area contributed by atoms with Gasteiger partial charge >= 0.3 is 5.97 Å². The van der Waals surface area contributed by atoms with Gasteiger partial charge in [-0.05, 0) is 53.1 Å². The number of carbonyl (C=O) groups is 3. The molecule has 2 aromatic rings. The maximum atomic E-state index is 14.3.